The SMILES string of the molecule is Cn1cnc(S(=O)(=O)N[C@@H]2CCCN(CCCc3ccccc3)C2)c1. The zero-order valence-corrected chi connectivity index (χ0v) is 15.5. The standard InChI is InChI=1S/C18H26N4O2S/c1-21-14-18(19-15-21)25(23,24)20-17-10-6-12-22(13-17)11-5-9-16-7-3-2-4-8-16/h2-4,7-8,14-15,17,20H,5-6,9-13H2,1H3/t17-/m1/s1. The summed E-state index contributed by atoms with van der Waals surface area (Å²) in [4.78, 5) is 6.31. The molecule has 2 heterocycles. The third-order valence-corrected chi connectivity index (χ3v) is 5.97. The Labute approximate surface area is 149 Å². The molecule has 136 valence electrons. The van der Waals surface area contributed by atoms with Crippen LogP contribution in [0.2, 0.25) is 0 Å². The van der Waals surface area contributed by atoms with Crippen molar-refractivity contribution in [3.05, 3.63) is 48.4 Å². The fourth-order valence-corrected chi connectivity index (χ4v) is 4.56. The maximum absolute atomic E-state index is 12.4. The Balaban J connectivity index is 1.49. The molecule has 1 fully saturated rings. The van der Waals surface area contributed by atoms with Crippen LogP contribution in [-0.2, 0) is 23.5 Å². The van der Waals surface area contributed by atoms with E-state index in [2.05, 4.69) is 38.9 Å². The molecule has 1 atom stereocenters. The summed E-state index contributed by atoms with van der Waals surface area (Å²) in [6.45, 7) is 2.80. The molecule has 1 aliphatic rings. The molecule has 0 aliphatic carbocycles. The number of nitrogens with zero attached hydrogens (tertiary/aromatic N) is 3. The third-order valence-electron chi connectivity index (χ3n) is 4.57. The lowest BCUT2D eigenvalue weighted by atomic mass is 10.1. The summed E-state index contributed by atoms with van der Waals surface area (Å²) in [5.41, 5.74) is 1.35. The minimum Gasteiger partial charge on any atom is -0.339 e. The molecule has 3 rings (SSSR count). The van der Waals surface area contributed by atoms with Gasteiger partial charge in [0.1, 0.15) is 0 Å². The summed E-state index contributed by atoms with van der Waals surface area (Å²) in [6, 6.07) is 10.4. The fourth-order valence-electron chi connectivity index (χ4n) is 3.31. The highest BCUT2D eigenvalue weighted by atomic mass is 32.2. The number of nitrogens with one attached hydrogen (secondary N) is 1. The van der Waals surface area contributed by atoms with Crippen molar-refractivity contribution in [3.8, 4) is 0 Å². The normalized spacial score (nSPS) is 19.2. The summed E-state index contributed by atoms with van der Waals surface area (Å²) < 4.78 is 29.3. The first kappa shape index (κ1) is 18.1. The second-order valence-electron chi connectivity index (χ2n) is 6.73. The van der Waals surface area contributed by atoms with E-state index in [9.17, 15) is 8.42 Å². The van der Waals surface area contributed by atoms with Crippen molar-refractivity contribution in [1.29, 1.82) is 0 Å². The van der Waals surface area contributed by atoms with E-state index < -0.39 is 10.0 Å². The van der Waals surface area contributed by atoms with Gasteiger partial charge in [-0.25, -0.2) is 18.1 Å². The monoisotopic (exact) mass is 362 g/mol. The minimum absolute atomic E-state index is 0.0440. The number of imidazole rings is 1. The van der Waals surface area contributed by atoms with Crippen molar-refractivity contribution in [2.24, 2.45) is 7.05 Å². The van der Waals surface area contributed by atoms with Gasteiger partial charge in [-0.1, -0.05) is 30.3 Å². The smallest absolute Gasteiger partial charge is 0.259 e. The molecule has 25 heavy (non-hydrogen) atoms. The van der Waals surface area contributed by atoms with Crippen molar-refractivity contribution in [2.75, 3.05) is 19.6 Å². The molecule has 1 aromatic carbocycles. The molecule has 0 spiro atoms. The van der Waals surface area contributed by atoms with Crippen LogP contribution in [0.4, 0.5) is 0 Å². The zero-order valence-electron chi connectivity index (χ0n) is 14.6. The summed E-state index contributed by atoms with van der Waals surface area (Å²) in [5, 5.41) is 0.0937. The van der Waals surface area contributed by atoms with Gasteiger partial charge in [0.2, 0.25) is 0 Å². The Kier molecular flexibility index (Phi) is 5.88. The molecular formula is C18H26N4O2S. The van der Waals surface area contributed by atoms with Crippen LogP contribution in [-0.4, -0.2) is 48.5 Å². The lowest BCUT2D eigenvalue weighted by Crippen LogP contribution is -2.47. The third kappa shape index (κ3) is 5.14. The lowest BCUT2D eigenvalue weighted by molar-refractivity contribution is 0.200. The van der Waals surface area contributed by atoms with Crippen LogP contribution in [0.3, 0.4) is 0 Å². The van der Waals surface area contributed by atoms with Crippen molar-refractivity contribution in [3.63, 3.8) is 0 Å². The maximum Gasteiger partial charge on any atom is 0.259 e. The first-order valence-electron chi connectivity index (χ1n) is 8.79. The largest absolute Gasteiger partial charge is 0.339 e. The number of aromatic nitrogens is 2. The molecular weight excluding hydrogens is 336 g/mol. The molecule has 1 aromatic heterocycles. The van der Waals surface area contributed by atoms with Gasteiger partial charge in [-0.05, 0) is 44.3 Å². The van der Waals surface area contributed by atoms with Crippen LogP contribution in [0.1, 0.15) is 24.8 Å². The van der Waals surface area contributed by atoms with Gasteiger partial charge in [-0.3, -0.25) is 0 Å². The molecule has 1 saturated heterocycles. The van der Waals surface area contributed by atoms with E-state index in [1.54, 1.807) is 11.6 Å². The van der Waals surface area contributed by atoms with Crippen molar-refractivity contribution >= 4 is 10.0 Å². The average Bonchev–Trinajstić information content (AvgIpc) is 3.03. The molecule has 1 aliphatic heterocycles. The van der Waals surface area contributed by atoms with Crippen molar-refractivity contribution in [2.45, 2.75) is 36.8 Å². The Hall–Kier alpha value is -1.70. The number of rotatable bonds is 7. The Morgan fingerprint density at radius 1 is 1.28 bits per heavy atom. The van der Waals surface area contributed by atoms with Crippen LogP contribution in [0.25, 0.3) is 0 Å². The van der Waals surface area contributed by atoms with Crippen LogP contribution in [0, 0.1) is 0 Å². The Bertz CT molecular complexity index is 773. The van der Waals surface area contributed by atoms with Crippen LogP contribution < -0.4 is 4.72 Å². The van der Waals surface area contributed by atoms with Gasteiger partial charge in [-0.2, -0.15) is 0 Å². The van der Waals surface area contributed by atoms with Gasteiger partial charge >= 0.3 is 0 Å². The predicted molar refractivity (Wildman–Crippen MR) is 97.8 cm³/mol. The zero-order chi connectivity index (χ0) is 17.7. The predicted octanol–water partition coefficient (Wildman–Crippen LogP) is 1.80. The molecule has 1 N–H and O–H groups in total. The van der Waals surface area contributed by atoms with Crippen LogP contribution in [0.15, 0.2) is 47.9 Å². The molecule has 7 heteroatoms. The summed E-state index contributed by atoms with van der Waals surface area (Å²) in [7, 11) is -1.77. The number of hydrogen-bond acceptors (Lipinski definition) is 4. The second kappa shape index (κ2) is 8.12. The van der Waals surface area contributed by atoms with E-state index in [0.29, 0.717) is 0 Å². The summed E-state index contributed by atoms with van der Waals surface area (Å²) in [5.74, 6) is 0. The van der Waals surface area contributed by atoms with E-state index in [-0.39, 0.29) is 11.1 Å². The highest BCUT2D eigenvalue weighted by Gasteiger charge is 2.26. The van der Waals surface area contributed by atoms with Gasteiger partial charge in [0.25, 0.3) is 10.0 Å². The van der Waals surface area contributed by atoms with E-state index >= 15 is 0 Å². The Morgan fingerprint density at radius 3 is 2.80 bits per heavy atom. The number of benzene rings is 1. The molecule has 0 radical (unpaired) electrons. The molecule has 0 unspecified atom stereocenters. The Morgan fingerprint density at radius 2 is 2.08 bits per heavy atom. The number of piperidine rings is 1. The van der Waals surface area contributed by atoms with E-state index in [0.717, 1.165) is 45.3 Å². The minimum atomic E-state index is -3.53. The van der Waals surface area contributed by atoms with Crippen LogP contribution in [0.5, 0.6) is 0 Å². The van der Waals surface area contributed by atoms with E-state index in [1.807, 2.05) is 6.07 Å². The molecule has 0 amide bonds. The average molecular weight is 362 g/mol. The molecule has 6 nitrogen and oxygen atoms in total. The van der Waals surface area contributed by atoms with E-state index in [4.69, 9.17) is 0 Å². The van der Waals surface area contributed by atoms with Crippen LogP contribution >= 0.6 is 0 Å². The second-order valence-corrected chi connectivity index (χ2v) is 8.39. The van der Waals surface area contributed by atoms with Crippen molar-refractivity contribution in [1.82, 2.24) is 19.2 Å². The molecule has 0 saturated carbocycles. The molecule has 2 aromatic rings. The van der Waals surface area contributed by atoms with Gasteiger partial charge in [0.15, 0.2) is 5.03 Å². The van der Waals surface area contributed by atoms with E-state index in [1.165, 1.54) is 18.1 Å². The highest BCUT2D eigenvalue weighted by molar-refractivity contribution is 7.89. The summed E-state index contributed by atoms with van der Waals surface area (Å²) in [6.07, 6.45) is 7.07. The first-order valence-corrected chi connectivity index (χ1v) is 10.3. The molecule has 0 bridgehead atoms. The fraction of sp³-hybridized carbons (Fsp3) is 0.500. The lowest BCUT2D eigenvalue weighted by Gasteiger charge is -2.32. The topological polar surface area (TPSA) is 67.2 Å². The van der Waals surface area contributed by atoms with Gasteiger partial charge in [0, 0.05) is 25.8 Å². The number of aryl methyl sites for hydroxylation is 2. The van der Waals surface area contributed by atoms with Crippen molar-refractivity contribution < 1.29 is 8.42 Å². The quantitative estimate of drug-likeness (QED) is 0.815. The maximum atomic E-state index is 12.4. The number of sulfonamides is 1. The number of hydrogen-bond donors (Lipinski definition) is 1. The highest BCUT2D eigenvalue weighted by Crippen LogP contribution is 2.14. The first-order chi connectivity index (χ1) is 12.0. The summed E-state index contributed by atoms with van der Waals surface area (Å²) >= 11 is 0. The van der Waals surface area contributed by atoms with Gasteiger partial charge < -0.3 is 9.47 Å². The van der Waals surface area contributed by atoms with Gasteiger partial charge in [-0.15, -0.1) is 0 Å². The van der Waals surface area contributed by atoms with Gasteiger partial charge in [0.05, 0.1) is 6.33 Å². The number of likely N-dealkylation sites (tertiary alicyclic amines) is 1.